The van der Waals surface area contributed by atoms with E-state index >= 15 is 0 Å². The number of thioether (sulfide) groups is 1. The van der Waals surface area contributed by atoms with Crippen molar-refractivity contribution in [3.05, 3.63) is 80.4 Å². The average Bonchev–Trinajstić information content (AvgIpc) is 3.03. The molecule has 6 nitrogen and oxygen atoms in total. The van der Waals surface area contributed by atoms with E-state index in [0.29, 0.717) is 16.2 Å². The summed E-state index contributed by atoms with van der Waals surface area (Å²) in [6.45, 7) is 1.79. The number of methoxy groups -OCH3 is 1. The number of halogens is 1. The molecule has 0 saturated carbocycles. The molecule has 0 saturated heterocycles. The second-order valence-corrected chi connectivity index (χ2v) is 7.92. The lowest BCUT2D eigenvalue weighted by molar-refractivity contribution is -0.138. The van der Waals surface area contributed by atoms with Gasteiger partial charge in [-0.1, -0.05) is 36.0 Å². The summed E-state index contributed by atoms with van der Waals surface area (Å²) in [4.78, 5) is 29.4. The Morgan fingerprint density at radius 2 is 1.93 bits per heavy atom. The van der Waals surface area contributed by atoms with Crippen LogP contribution in [0.25, 0.3) is 6.08 Å². The van der Waals surface area contributed by atoms with Crippen LogP contribution in [0, 0.1) is 0 Å². The van der Waals surface area contributed by atoms with Gasteiger partial charge in [0, 0.05) is 5.56 Å². The van der Waals surface area contributed by atoms with E-state index in [2.05, 4.69) is 20.9 Å². The molecule has 30 heavy (non-hydrogen) atoms. The lowest BCUT2D eigenvalue weighted by Crippen LogP contribution is -2.14. The van der Waals surface area contributed by atoms with Crippen molar-refractivity contribution in [2.24, 2.45) is 4.99 Å². The molecule has 1 N–H and O–H groups in total. The average molecular weight is 488 g/mol. The van der Waals surface area contributed by atoms with Crippen LogP contribution < -0.4 is 4.74 Å². The molecule has 0 bridgehead atoms. The largest absolute Gasteiger partial charge is 0.506 e. The summed E-state index contributed by atoms with van der Waals surface area (Å²) >= 11 is 4.45. The van der Waals surface area contributed by atoms with Crippen molar-refractivity contribution < 1.29 is 24.2 Å². The van der Waals surface area contributed by atoms with Gasteiger partial charge in [-0.05, 0) is 58.8 Å². The summed E-state index contributed by atoms with van der Waals surface area (Å²) < 4.78 is 11.0. The minimum absolute atomic E-state index is 0.0960. The smallest absolute Gasteiger partial charge is 0.344 e. The van der Waals surface area contributed by atoms with E-state index in [1.807, 2.05) is 6.07 Å². The van der Waals surface area contributed by atoms with E-state index in [1.165, 1.54) is 0 Å². The summed E-state index contributed by atoms with van der Waals surface area (Å²) in [7, 11) is 1.57. The monoisotopic (exact) mass is 487 g/mol. The Morgan fingerprint density at radius 1 is 1.20 bits per heavy atom. The van der Waals surface area contributed by atoms with Gasteiger partial charge < -0.3 is 14.6 Å². The molecule has 0 radical (unpaired) electrons. The number of esters is 1. The lowest BCUT2D eigenvalue weighted by Gasteiger charge is -2.04. The second kappa shape index (κ2) is 9.77. The Labute approximate surface area is 186 Å². The molecule has 0 unspecified atom stereocenters. The number of hydrogen-bond acceptors (Lipinski definition) is 6. The first-order chi connectivity index (χ1) is 14.4. The summed E-state index contributed by atoms with van der Waals surface area (Å²) in [5.74, 6) is -0.855. The standard InChI is InChI=1S/C22H18BrNO5S/c1-3-29-22(27)18-19(25)17(12-13-9-10-16(28-2)15(23)11-13)30-21(18)24-20(26)14-7-5-4-6-8-14/h4-12,25H,3H2,1-2H3/b17-12-,24-21?. The highest BCUT2D eigenvalue weighted by Gasteiger charge is 2.33. The summed E-state index contributed by atoms with van der Waals surface area (Å²) in [6, 6.07) is 13.9. The van der Waals surface area contributed by atoms with Gasteiger partial charge in [0.05, 0.1) is 23.1 Å². The maximum absolute atomic E-state index is 12.5. The third kappa shape index (κ3) is 4.83. The number of aliphatic hydroxyl groups excluding tert-OH is 1. The molecule has 0 aromatic heterocycles. The fourth-order valence-corrected chi connectivity index (χ4v) is 4.22. The predicted molar refractivity (Wildman–Crippen MR) is 121 cm³/mol. The van der Waals surface area contributed by atoms with E-state index in [9.17, 15) is 14.7 Å². The normalized spacial score (nSPS) is 16.2. The van der Waals surface area contributed by atoms with Gasteiger partial charge in [-0.2, -0.15) is 0 Å². The van der Waals surface area contributed by atoms with Gasteiger partial charge in [-0.15, -0.1) is 0 Å². The van der Waals surface area contributed by atoms with E-state index in [-0.39, 0.29) is 23.0 Å². The number of rotatable bonds is 5. The molecule has 1 heterocycles. The minimum atomic E-state index is -0.735. The molecule has 2 aromatic carbocycles. The van der Waals surface area contributed by atoms with Crippen LogP contribution in [0.5, 0.6) is 5.75 Å². The Kier molecular flexibility index (Phi) is 7.12. The fourth-order valence-electron chi connectivity index (χ4n) is 2.65. The Hall–Kier alpha value is -2.84. The van der Waals surface area contributed by atoms with Crippen molar-refractivity contribution >= 4 is 50.7 Å². The number of aliphatic imine (C=N–C) groups is 1. The third-order valence-electron chi connectivity index (χ3n) is 4.07. The van der Waals surface area contributed by atoms with Crippen molar-refractivity contribution in [2.75, 3.05) is 13.7 Å². The van der Waals surface area contributed by atoms with E-state index in [4.69, 9.17) is 9.47 Å². The molecule has 8 heteroatoms. The predicted octanol–water partition coefficient (Wildman–Crippen LogP) is 5.16. The fraction of sp³-hybridized carbons (Fsp3) is 0.136. The van der Waals surface area contributed by atoms with Crippen molar-refractivity contribution in [1.82, 2.24) is 0 Å². The van der Waals surface area contributed by atoms with Gasteiger partial charge in [0.25, 0.3) is 5.91 Å². The van der Waals surface area contributed by atoms with Gasteiger partial charge in [-0.3, -0.25) is 4.79 Å². The SMILES string of the molecule is CCOC(=O)C1=C(O)/C(=C/c2ccc(OC)c(Br)c2)SC1=NC(=O)c1ccccc1. The van der Waals surface area contributed by atoms with E-state index in [1.54, 1.807) is 62.6 Å². The molecular weight excluding hydrogens is 470 g/mol. The zero-order valence-electron chi connectivity index (χ0n) is 16.2. The summed E-state index contributed by atoms with van der Waals surface area (Å²) in [5.41, 5.74) is 1.02. The molecular formula is C22H18BrNO5S. The molecule has 1 amide bonds. The maximum atomic E-state index is 12.5. The van der Waals surface area contributed by atoms with Gasteiger partial charge >= 0.3 is 5.97 Å². The van der Waals surface area contributed by atoms with Gasteiger partial charge in [0.2, 0.25) is 0 Å². The lowest BCUT2D eigenvalue weighted by atomic mass is 10.1. The van der Waals surface area contributed by atoms with Crippen LogP contribution in [0.2, 0.25) is 0 Å². The number of ether oxygens (including phenoxy) is 2. The topological polar surface area (TPSA) is 85.2 Å². The number of carbonyl (C=O) groups excluding carboxylic acids is 2. The number of hydrogen-bond donors (Lipinski definition) is 1. The van der Waals surface area contributed by atoms with Crippen LogP contribution in [0.15, 0.2) is 74.2 Å². The number of nitrogens with zero attached hydrogens (tertiary/aromatic N) is 1. The zero-order valence-corrected chi connectivity index (χ0v) is 18.6. The van der Waals surface area contributed by atoms with Crippen molar-refractivity contribution in [1.29, 1.82) is 0 Å². The Bertz CT molecular complexity index is 1080. The molecule has 1 aliphatic heterocycles. The van der Waals surface area contributed by atoms with Crippen LogP contribution in [0.4, 0.5) is 0 Å². The van der Waals surface area contributed by atoms with Gasteiger partial charge in [0.1, 0.15) is 22.1 Å². The van der Waals surface area contributed by atoms with Crippen LogP contribution in [0.1, 0.15) is 22.8 Å². The number of benzene rings is 2. The van der Waals surface area contributed by atoms with Crippen molar-refractivity contribution in [3.8, 4) is 5.75 Å². The second-order valence-electron chi connectivity index (χ2n) is 6.04. The van der Waals surface area contributed by atoms with Crippen LogP contribution in [-0.4, -0.2) is 35.7 Å². The molecule has 2 aromatic rings. The zero-order chi connectivity index (χ0) is 21.7. The van der Waals surface area contributed by atoms with Gasteiger partial charge in [0.15, 0.2) is 0 Å². The molecule has 154 valence electrons. The Morgan fingerprint density at radius 3 is 2.57 bits per heavy atom. The third-order valence-corrected chi connectivity index (χ3v) is 5.71. The first kappa shape index (κ1) is 21.9. The van der Waals surface area contributed by atoms with Gasteiger partial charge in [-0.25, -0.2) is 9.79 Å². The highest BCUT2D eigenvalue weighted by Crippen LogP contribution is 2.40. The quantitative estimate of drug-likeness (QED) is 0.586. The molecule has 0 aliphatic carbocycles. The van der Waals surface area contributed by atoms with Crippen molar-refractivity contribution in [3.63, 3.8) is 0 Å². The molecule has 0 atom stereocenters. The summed E-state index contributed by atoms with van der Waals surface area (Å²) in [6.07, 6.45) is 1.69. The van der Waals surface area contributed by atoms with Crippen LogP contribution in [-0.2, 0) is 9.53 Å². The maximum Gasteiger partial charge on any atom is 0.344 e. The number of carbonyl (C=O) groups is 2. The minimum Gasteiger partial charge on any atom is -0.506 e. The first-order valence-electron chi connectivity index (χ1n) is 8.96. The molecule has 1 aliphatic rings. The van der Waals surface area contributed by atoms with Crippen LogP contribution in [0.3, 0.4) is 0 Å². The van der Waals surface area contributed by atoms with Crippen molar-refractivity contribution in [2.45, 2.75) is 6.92 Å². The summed E-state index contributed by atoms with van der Waals surface area (Å²) in [5, 5.41) is 10.8. The van der Waals surface area contributed by atoms with E-state index < -0.39 is 11.9 Å². The number of amides is 1. The first-order valence-corrected chi connectivity index (χ1v) is 10.6. The highest BCUT2D eigenvalue weighted by atomic mass is 79.9. The Balaban J connectivity index is 2.01. The van der Waals surface area contributed by atoms with E-state index in [0.717, 1.165) is 21.8 Å². The molecule has 3 rings (SSSR count). The van der Waals surface area contributed by atoms with Crippen LogP contribution >= 0.6 is 27.7 Å². The highest BCUT2D eigenvalue weighted by molar-refractivity contribution is 9.10. The number of aliphatic hydroxyl groups is 1. The molecule has 0 fully saturated rings. The molecule has 0 spiro atoms.